The normalized spacial score (nSPS) is 16.4. The monoisotopic (exact) mass is 589 g/mol. The number of hydrogen-bond acceptors (Lipinski definition) is 9. The van der Waals surface area contributed by atoms with E-state index in [9.17, 15) is 14.4 Å². The fraction of sp³-hybridized carbons (Fsp3) is 0.259. The fourth-order valence-corrected chi connectivity index (χ4v) is 7.42. The maximum Gasteiger partial charge on any atom is 0.346 e. The summed E-state index contributed by atoms with van der Waals surface area (Å²) in [7, 11) is 2.49. The minimum atomic E-state index is -0.978. The van der Waals surface area contributed by atoms with E-state index in [0.29, 0.717) is 48.9 Å². The lowest BCUT2D eigenvalue weighted by Gasteiger charge is -2.45. The summed E-state index contributed by atoms with van der Waals surface area (Å²) < 4.78 is 16.2. The zero-order valence-electron chi connectivity index (χ0n) is 21.2. The molecule has 11 heteroatoms. The highest BCUT2D eigenvalue weighted by Crippen LogP contribution is 2.56. The Kier molecular flexibility index (Phi) is 8.27. The van der Waals surface area contributed by atoms with Gasteiger partial charge in [-0.3, -0.25) is 9.69 Å². The molecule has 2 aliphatic rings. The number of nitrogens with zero attached hydrogens (tertiary/aromatic N) is 1. The van der Waals surface area contributed by atoms with Gasteiger partial charge in [-0.2, -0.15) is 0 Å². The van der Waals surface area contributed by atoms with Crippen molar-refractivity contribution in [3.05, 3.63) is 72.7 Å². The number of carbonyl (C=O) groups excluding carboxylic acids is 3. The van der Waals surface area contributed by atoms with E-state index in [1.807, 2.05) is 26.8 Å². The predicted molar refractivity (Wildman–Crippen MR) is 156 cm³/mol. The summed E-state index contributed by atoms with van der Waals surface area (Å²) in [5.41, 5.74) is 1.21. The molecular formula is C27H24ClNO6S3. The Morgan fingerprint density at radius 3 is 2.16 bits per heavy atom. The van der Waals surface area contributed by atoms with Crippen molar-refractivity contribution in [3.63, 3.8) is 0 Å². The van der Waals surface area contributed by atoms with Crippen molar-refractivity contribution in [3.8, 4) is 5.75 Å². The molecule has 0 saturated heterocycles. The van der Waals surface area contributed by atoms with Crippen molar-refractivity contribution in [1.82, 2.24) is 0 Å². The highest BCUT2D eigenvalue weighted by atomic mass is 35.5. The van der Waals surface area contributed by atoms with Crippen LogP contribution in [0, 0.1) is 0 Å². The van der Waals surface area contributed by atoms with Crippen LogP contribution in [0.5, 0.6) is 5.75 Å². The molecule has 0 bridgehead atoms. The number of hydrogen-bond donors (Lipinski definition) is 0. The summed E-state index contributed by atoms with van der Waals surface area (Å²) in [6.07, 6.45) is 0. The van der Waals surface area contributed by atoms with E-state index in [4.69, 9.17) is 38.0 Å². The minimum absolute atomic E-state index is 0.115. The molecular weight excluding hydrogens is 566 g/mol. The number of rotatable bonds is 5. The van der Waals surface area contributed by atoms with Crippen LogP contribution >= 0.6 is 47.3 Å². The van der Waals surface area contributed by atoms with E-state index in [1.54, 1.807) is 41.3 Å². The van der Waals surface area contributed by atoms with Gasteiger partial charge in [0, 0.05) is 11.1 Å². The predicted octanol–water partition coefficient (Wildman–Crippen LogP) is 6.25. The quantitative estimate of drug-likeness (QED) is 0.228. The van der Waals surface area contributed by atoms with Gasteiger partial charge in [-0.1, -0.05) is 59.5 Å². The third-order valence-electron chi connectivity index (χ3n) is 5.98. The Hall–Kier alpha value is -2.79. The first-order valence-electron chi connectivity index (χ1n) is 11.5. The molecule has 0 N–H and O–H groups in total. The van der Waals surface area contributed by atoms with Gasteiger partial charge in [-0.15, -0.1) is 0 Å². The number of thioether (sulfide) groups is 2. The number of fused-ring (bicyclic) bond motifs is 1. The zero-order chi connectivity index (χ0) is 27.8. The molecule has 198 valence electrons. The van der Waals surface area contributed by atoms with Gasteiger partial charge in [0.2, 0.25) is 0 Å². The second-order valence-electron chi connectivity index (χ2n) is 8.63. The number of methoxy groups -OCH3 is 2. The molecule has 0 radical (unpaired) electrons. The summed E-state index contributed by atoms with van der Waals surface area (Å²) in [6, 6.07) is 12.2. The summed E-state index contributed by atoms with van der Waals surface area (Å²) in [4.78, 5) is 41.3. The Labute approximate surface area is 239 Å². The van der Waals surface area contributed by atoms with Crippen molar-refractivity contribution < 1.29 is 28.6 Å². The molecule has 1 amide bonds. The maximum atomic E-state index is 13.9. The Balaban J connectivity index is 1.95. The summed E-state index contributed by atoms with van der Waals surface area (Å²) in [5.74, 6) is -1.04. The van der Waals surface area contributed by atoms with Crippen LogP contribution in [0.25, 0.3) is 5.57 Å². The topological polar surface area (TPSA) is 82.1 Å². The molecule has 2 heterocycles. The summed E-state index contributed by atoms with van der Waals surface area (Å²) >= 11 is 14.6. The molecule has 0 fully saturated rings. The van der Waals surface area contributed by atoms with Crippen LogP contribution in [0.2, 0.25) is 5.02 Å². The summed E-state index contributed by atoms with van der Waals surface area (Å²) in [6.45, 7) is 6.01. The van der Waals surface area contributed by atoms with Gasteiger partial charge in [0.1, 0.15) is 15.6 Å². The number of amides is 1. The molecule has 4 rings (SSSR count). The molecule has 0 aliphatic carbocycles. The molecule has 2 aromatic rings. The number of thiocarbonyl (C=S) groups is 1. The lowest BCUT2D eigenvalue weighted by Crippen LogP contribution is -2.56. The maximum absolute atomic E-state index is 13.9. The fourth-order valence-electron chi connectivity index (χ4n) is 4.17. The second kappa shape index (κ2) is 11.1. The average Bonchev–Trinajstić information content (AvgIpc) is 3.34. The van der Waals surface area contributed by atoms with Crippen LogP contribution in [0.4, 0.5) is 5.69 Å². The SMILES string of the molecule is CCOc1ccc2c(c1)C(=C1SC(C(=O)OC)=C(C(=O)OC)S1)C(=S)C(C)(C)N2C(=O)c1ccccc1Cl. The minimum Gasteiger partial charge on any atom is -0.494 e. The van der Waals surface area contributed by atoms with E-state index in [1.165, 1.54) is 14.2 Å². The van der Waals surface area contributed by atoms with Crippen molar-refractivity contribution in [1.29, 1.82) is 0 Å². The van der Waals surface area contributed by atoms with Crippen LogP contribution in [-0.4, -0.2) is 49.1 Å². The van der Waals surface area contributed by atoms with Gasteiger partial charge in [0.15, 0.2) is 0 Å². The summed E-state index contributed by atoms with van der Waals surface area (Å²) in [5, 5.41) is 0.326. The Morgan fingerprint density at radius 1 is 1.00 bits per heavy atom. The first kappa shape index (κ1) is 28.2. The van der Waals surface area contributed by atoms with Crippen LogP contribution in [0.3, 0.4) is 0 Å². The van der Waals surface area contributed by atoms with E-state index in [0.717, 1.165) is 23.5 Å². The molecule has 0 atom stereocenters. The molecule has 7 nitrogen and oxygen atoms in total. The third kappa shape index (κ3) is 4.86. The van der Waals surface area contributed by atoms with E-state index in [-0.39, 0.29) is 15.7 Å². The number of esters is 2. The van der Waals surface area contributed by atoms with Crippen LogP contribution in [0.15, 0.2) is 56.5 Å². The lowest BCUT2D eigenvalue weighted by molar-refractivity contribution is -0.138. The number of ether oxygens (including phenoxy) is 3. The van der Waals surface area contributed by atoms with E-state index < -0.39 is 17.5 Å². The molecule has 2 aliphatic heterocycles. The van der Waals surface area contributed by atoms with Crippen molar-refractivity contribution in [2.45, 2.75) is 26.3 Å². The van der Waals surface area contributed by atoms with Gasteiger partial charge in [0.05, 0.1) is 51.7 Å². The van der Waals surface area contributed by atoms with E-state index >= 15 is 0 Å². The van der Waals surface area contributed by atoms with Crippen LogP contribution in [0.1, 0.15) is 36.7 Å². The van der Waals surface area contributed by atoms with Crippen molar-refractivity contribution in [2.24, 2.45) is 0 Å². The smallest absolute Gasteiger partial charge is 0.346 e. The van der Waals surface area contributed by atoms with E-state index in [2.05, 4.69) is 0 Å². The van der Waals surface area contributed by atoms with Crippen molar-refractivity contribution in [2.75, 3.05) is 25.7 Å². The van der Waals surface area contributed by atoms with Gasteiger partial charge in [0.25, 0.3) is 5.91 Å². The molecule has 0 saturated carbocycles. The molecule has 38 heavy (non-hydrogen) atoms. The first-order chi connectivity index (χ1) is 18.1. The zero-order valence-corrected chi connectivity index (χ0v) is 24.5. The highest BCUT2D eigenvalue weighted by Gasteiger charge is 2.46. The Bertz CT molecular complexity index is 1400. The molecule has 2 aromatic carbocycles. The average molecular weight is 590 g/mol. The molecule has 0 unspecified atom stereocenters. The van der Waals surface area contributed by atoms with Gasteiger partial charge in [-0.05, 0) is 51.1 Å². The second-order valence-corrected chi connectivity index (χ2v) is 11.7. The number of halogens is 1. The van der Waals surface area contributed by atoms with Gasteiger partial charge < -0.3 is 14.2 Å². The highest BCUT2D eigenvalue weighted by molar-refractivity contribution is 8.29. The Morgan fingerprint density at radius 2 is 1.61 bits per heavy atom. The van der Waals surface area contributed by atoms with Crippen LogP contribution < -0.4 is 9.64 Å². The number of anilines is 1. The van der Waals surface area contributed by atoms with Crippen LogP contribution in [-0.2, 0) is 19.1 Å². The molecule has 0 spiro atoms. The molecule has 0 aromatic heterocycles. The van der Waals surface area contributed by atoms with Gasteiger partial charge >= 0.3 is 11.9 Å². The standard InChI is InChI=1S/C27H24ClNO6S3/c1-6-35-14-11-12-18-16(13-14)19(26-37-20(24(31)33-4)21(38-26)25(32)34-5)22(36)27(2,3)29(18)23(30)15-9-7-8-10-17(15)28/h7-13H,6H2,1-5H3. The third-order valence-corrected chi connectivity index (χ3v) is 9.57. The largest absolute Gasteiger partial charge is 0.494 e. The van der Waals surface area contributed by atoms with Crippen molar-refractivity contribution >= 4 is 81.3 Å². The first-order valence-corrected chi connectivity index (χ1v) is 13.9. The number of carbonyl (C=O) groups is 3. The lowest BCUT2D eigenvalue weighted by atomic mass is 9.82. The number of benzene rings is 2. The van der Waals surface area contributed by atoms with Gasteiger partial charge in [-0.25, -0.2) is 9.59 Å².